The number of aryl methyl sites for hydroxylation is 1. The maximum absolute atomic E-state index is 12.2. The van der Waals surface area contributed by atoms with Gasteiger partial charge in [0.1, 0.15) is 12.4 Å². The lowest BCUT2D eigenvalue weighted by atomic mass is 9.96. The zero-order chi connectivity index (χ0) is 13.2. The highest BCUT2D eigenvalue weighted by Crippen LogP contribution is 2.27. The molecule has 3 rings (SSSR count). The number of nitrogens with one attached hydrogen (secondary N) is 1. The Morgan fingerprint density at radius 2 is 2.32 bits per heavy atom. The number of ether oxygens (including phenoxy) is 1. The van der Waals surface area contributed by atoms with Crippen LogP contribution in [0.25, 0.3) is 0 Å². The Bertz CT molecular complexity index is 609. The van der Waals surface area contributed by atoms with Gasteiger partial charge in [-0.1, -0.05) is 18.2 Å². The quantitative estimate of drug-likeness (QED) is 0.916. The largest absolute Gasteiger partial charge is 0.492 e. The lowest BCUT2D eigenvalue weighted by molar-refractivity contribution is -0.121. The van der Waals surface area contributed by atoms with Crippen LogP contribution in [0.15, 0.2) is 29.6 Å². The summed E-state index contributed by atoms with van der Waals surface area (Å²) in [7, 11) is 0. The number of fused-ring (bicyclic) bond motifs is 1. The maximum atomic E-state index is 12.2. The molecule has 0 saturated carbocycles. The van der Waals surface area contributed by atoms with Gasteiger partial charge in [0, 0.05) is 5.38 Å². The monoisotopic (exact) mass is 274 g/mol. The SMILES string of the molecule is Cc1csc(NC(=O)C2COc3ccccc3C2)n1. The normalized spacial score (nSPS) is 17.4. The molecule has 19 heavy (non-hydrogen) atoms. The first-order valence-electron chi connectivity index (χ1n) is 6.16. The van der Waals surface area contributed by atoms with E-state index in [2.05, 4.69) is 10.3 Å². The van der Waals surface area contributed by atoms with Crippen LogP contribution in [0.2, 0.25) is 0 Å². The topological polar surface area (TPSA) is 51.2 Å². The van der Waals surface area contributed by atoms with Crippen molar-refractivity contribution in [1.29, 1.82) is 0 Å². The molecule has 0 spiro atoms. The van der Waals surface area contributed by atoms with Crippen molar-refractivity contribution in [3.8, 4) is 5.75 Å². The molecule has 0 saturated heterocycles. The molecule has 1 aromatic carbocycles. The molecule has 1 aliphatic heterocycles. The summed E-state index contributed by atoms with van der Waals surface area (Å²) in [4.78, 5) is 16.4. The van der Waals surface area contributed by atoms with E-state index in [9.17, 15) is 4.79 Å². The van der Waals surface area contributed by atoms with Crippen LogP contribution < -0.4 is 10.1 Å². The minimum Gasteiger partial charge on any atom is -0.492 e. The number of para-hydroxylation sites is 1. The Balaban J connectivity index is 1.69. The summed E-state index contributed by atoms with van der Waals surface area (Å²) in [6, 6.07) is 7.85. The number of thiazole rings is 1. The molecule has 98 valence electrons. The zero-order valence-corrected chi connectivity index (χ0v) is 11.4. The zero-order valence-electron chi connectivity index (χ0n) is 10.6. The number of anilines is 1. The predicted octanol–water partition coefficient (Wildman–Crippen LogP) is 2.64. The number of aromatic nitrogens is 1. The lowest BCUT2D eigenvalue weighted by Crippen LogP contribution is -2.32. The summed E-state index contributed by atoms with van der Waals surface area (Å²) >= 11 is 1.44. The molecule has 1 amide bonds. The smallest absolute Gasteiger partial charge is 0.233 e. The van der Waals surface area contributed by atoms with Crippen LogP contribution in [-0.4, -0.2) is 17.5 Å². The van der Waals surface area contributed by atoms with Crippen molar-refractivity contribution in [2.45, 2.75) is 13.3 Å². The van der Waals surface area contributed by atoms with Crippen molar-refractivity contribution in [2.24, 2.45) is 5.92 Å². The molecule has 1 unspecified atom stereocenters. The van der Waals surface area contributed by atoms with Gasteiger partial charge in [-0.05, 0) is 25.0 Å². The first-order valence-corrected chi connectivity index (χ1v) is 7.04. The van der Waals surface area contributed by atoms with Gasteiger partial charge < -0.3 is 10.1 Å². The van der Waals surface area contributed by atoms with E-state index < -0.39 is 0 Å². The second-order valence-electron chi connectivity index (χ2n) is 4.60. The molecule has 2 aromatic rings. The van der Waals surface area contributed by atoms with Gasteiger partial charge in [-0.2, -0.15) is 0 Å². The highest BCUT2D eigenvalue weighted by molar-refractivity contribution is 7.13. The van der Waals surface area contributed by atoms with Gasteiger partial charge in [-0.25, -0.2) is 4.98 Å². The fraction of sp³-hybridized carbons (Fsp3) is 0.286. The third-order valence-electron chi connectivity index (χ3n) is 3.10. The van der Waals surface area contributed by atoms with Crippen molar-refractivity contribution >= 4 is 22.4 Å². The molecule has 1 aromatic heterocycles. The summed E-state index contributed by atoms with van der Waals surface area (Å²) in [5.41, 5.74) is 2.01. The molecule has 0 bridgehead atoms. The molecule has 0 fully saturated rings. The Kier molecular flexibility index (Phi) is 3.21. The molecular weight excluding hydrogens is 260 g/mol. The van der Waals surface area contributed by atoms with Crippen molar-refractivity contribution in [1.82, 2.24) is 4.98 Å². The molecule has 1 atom stereocenters. The van der Waals surface area contributed by atoms with E-state index in [0.717, 1.165) is 17.0 Å². The number of benzene rings is 1. The predicted molar refractivity (Wildman–Crippen MR) is 74.6 cm³/mol. The average molecular weight is 274 g/mol. The number of carbonyl (C=O) groups excluding carboxylic acids is 1. The summed E-state index contributed by atoms with van der Waals surface area (Å²) in [6.07, 6.45) is 0.715. The number of carbonyl (C=O) groups is 1. The van der Waals surface area contributed by atoms with Gasteiger partial charge >= 0.3 is 0 Å². The first kappa shape index (κ1) is 12.2. The van der Waals surface area contributed by atoms with E-state index in [1.807, 2.05) is 36.6 Å². The van der Waals surface area contributed by atoms with Gasteiger partial charge in [0.2, 0.25) is 5.91 Å². The lowest BCUT2D eigenvalue weighted by Gasteiger charge is -2.24. The minimum atomic E-state index is -0.154. The minimum absolute atomic E-state index is 0.0242. The van der Waals surface area contributed by atoms with Crippen molar-refractivity contribution in [3.05, 3.63) is 40.9 Å². The number of hydrogen-bond donors (Lipinski definition) is 1. The van der Waals surface area contributed by atoms with Gasteiger partial charge in [-0.15, -0.1) is 11.3 Å². The third-order valence-corrected chi connectivity index (χ3v) is 3.97. The molecule has 2 heterocycles. The Morgan fingerprint density at radius 1 is 1.47 bits per heavy atom. The molecule has 1 N–H and O–H groups in total. The summed E-state index contributed by atoms with van der Waals surface area (Å²) in [6.45, 7) is 2.33. The van der Waals surface area contributed by atoms with Gasteiger partial charge in [0.25, 0.3) is 0 Å². The molecule has 0 aliphatic carbocycles. The standard InChI is InChI=1S/C14H14N2O2S/c1-9-8-19-14(15-9)16-13(17)11-6-10-4-2-3-5-12(10)18-7-11/h2-5,8,11H,6-7H2,1H3,(H,15,16,17). The summed E-state index contributed by atoms with van der Waals surface area (Å²) < 4.78 is 5.62. The van der Waals surface area contributed by atoms with Gasteiger partial charge in [0.05, 0.1) is 11.6 Å². The van der Waals surface area contributed by atoms with E-state index in [1.54, 1.807) is 0 Å². The van der Waals surface area contributed by atoms with Crippen molar-refractivity contribution < 1.29 is 9.53 Å². The Labute approximate surface area is 115 Å². The van der Waals surface area contributed by atoms with Crippen LogP contribution in [0.4, 0.5) is 5.13 Å². The fourth-order valence-electron chi connectivity index (χ4n) is 2.12. The van der Waals surface area contributed by atoms with Gasteiger partial charge in [-0.3, -0.25) is 4.79 Å². The van der Waals surface area contributed by atoms with E-state index in [4.69, 9.17) is 4.74 Å². The van der Waals surface area contributed by atoms with Crippen LogP contribution in [0, 0.1) is 12.8 Å². The van der Waals surface area contributed by atoms with E-state index >= 15 is 0 Å². The average Bonchev–Trinajstić information content (AvgIpc) is 2.83. The molecule has 4 nitrogen and oxygen atoms in total. The van der Waals surface area contributed by atoms with E-state index in [0.29, 0.717) is 18.2 Å². The van der Waals surface area contributed by atoms with Crippen LogP contribution in [0.3, 0.4) is 0 Å². The van der Waals surface area contributed by atoms with Crippen LogP contribution >= 0.6 is 11.3 Å². The number of hydrogen-bond acceptors (Lipinski definition) is 4. The van der Waals surface area contributed by atoms with E-state index in [-0.39, 0.29) is 11.8 Å². The molecule has 1 aliphatic rings. The van der Waals surface area contributed by atoms with Crippen molar-refractivity contribution in [2.75, 3.05) is 11.9 Å². The summed E-state index contributed by atoms with van der Waals surface area (Å²) in [5.74, 6) is 0.708. The summed E-state index contributed by atoms with van der Waals surface area (Å²) in [5, 5.41) is 5.42. The number of rotatable bonds is 2. The molecule has 5 heteroatoms. The first-order chi connectivity index (χ1) is 9.22. The fourth-order valence-corrected chi connectivity index (χ4v) is 2.81. The highest BCUT2D eigenvalue weighted by atomic mass is 32.1. The van der Waals surface area contributed by atoms with Crippen LogP contribution in [0.1, 0.15) is 11.3 Å². The third kappa shape index (κ3) is 2.61. The van der Waals surface area contributed by atoms with Crippen LogP contribution in [-0.2, 0) is 11.2 Å². The second kappa shape index (κ2) is 5.01. The van der Waals surface area contributed by atoms with Crippen molar-refractivity contribution in [3.63, 3.8) is 0 Å². The van der Waals surface area contributed by atoms with Crippen LogP contribution in [0.5, 0.6) is 5.75 Å². The van der Waals surface area contributed by atoms with Gasteiger partial charge in [0.15, 0.2) is 5.13 Å². The number of amides is 1. The molecule has 0 radical (unpaired) electrons. The van der Waals surface area contributed by atoms with E-state index in [1.165, 1.54) is 11.3 Å². The number of nitrogens with zero attached hydrogens (tertiary/aromatic N) is 1. The Hall–Kier alpha value is -1.88. The Morgan fingerprint density at radius 3 is 3.11 bits per heavy atom. The maximum Gasteiger partial charge on any atom is 0.233 e. The molecular formula is C14H14N2O2S. The second-order valence-corrected chi connectivity index (χ2v) is 5.46. The highest BCUT2D eigenvalue weighted by Gasteiger charge is 2.26.